The summed E-state index contributed by atoms with van der Waals surface area (Å²) in [5.41, 5.74) is 6.70. The lowest BCUT2D eigenvalue weighted by Gasteiger charge is -2.43. The van der Waals surface area contributed by atoms with Crippen LogP contribution in [0.2, 0.25) is 0 Å². The van der Waals surface area contributed by atoms with Crippen LogP contribution in [-0.2, 0) is 9.47 Å². The van der Waals surface area contributed by atoms with E-state index in [9.17, 15) is 0 Å². The Kier molecular flexibility index (Phi) is 25.9. The van der Waals surface area contributed by atoms with E-state index in [-0.39, 0.29) is 0 Å². The first-order chi connectivity index (χ1) is 17.9. The van der Waals surface area contributed by atoms with E-state index < -0.39 is 0 Å². The van der Waals surface area contributed by atoms with Gasteiger partial charge in [0.05, 0.1) is 0 Å². The van der Waals surface area contributed by atoms with Crippen molar-refractivity contribution in [1.29, 1.82) is 0 Å². The van der Waals surface area contributed by atoms with Gasteiger partial charge in [0.1, 0.15) is 0 Å². The Morgan fingerprint density at radius 2 is 1.27 bits per heavy atom. The SMILES string of the molecule is C=C/C=C1/CCC(=C)C1C.CC.CC.CC1C2=C(CCCCCC2)CC2CCCCC21.COC.COC. The van der Waals surface area contributed by atoms with Gasteiger partial charge in [-0.05, 0) is 81.5 Å². The molecule has 0 saturated heterocycles. The average molecular weight is 519 g/mol. The van der Waals surface area contributed by atoms with Crippen molar-refractivity contribution >= 4 is 0 Å². The highest BCUT2D eigenvalue weighted by molar-refractivity contribution is 5.28. The zero-order valence-corrected chi connectivity index (χ0v) is 26.9. The smallest absolute Gasteiger partial charge is 0.0351 e. The summed E-state index contributed by atoms with van der Waals surface area (Å²) in [4.78, 5) is 0. The minimum Gasteiger partial charge on any atom is -0.388 e. The summed E-state index contributed by atoms with van der Waals surface area (Å²) in [5.74, 6) is 3.65. The molecule has 2 saturated carbocycles. The Bertz CT molecular complexity index is 625. The monoisotopic (exact) mass is 519 g/mol. The average Bonchev–Trinajstić information content (AvgIpc) is 3.22. The summed E-state index contributed by atoms with van der Waals surface area (Å²) in [5, 5.41) is 0. The number of rotatable bonds is 1. The van der Waals surface area contributed by atoms with Gasteiger partial charge in [0.15, 0.2) is 0 Å². The van der Waals surface area contributed by atoms with Crippen LogP contribution in [0.1, 0.15) is 125 Å². The topological polar surface area (TPSA) is 18.5 Å². The lowest BCUT2D eigenvalue weighted by Crippen LogP contribution is -2.32. The van der Waals surface area contributed by atoms with E-state index >= 15 is 0 Å². The van der Waals surface area contributed by atoms with Gasteiger partial charge in [-0.25, -0.2) is 0 Å². The maximum Gasteiger partial charge on any atom is 0.0351 e. The molecule has 4 aliphatic rings. The molecule has 0 aromatic heterocycles. The molecular formula is C35H66O2. The van der Waals surface area contributed by atoms with Gasteiger partial charge in [0, 0.05) is 28.4 Å². The van der Waals surface area contributed by atoms with E-state index in [1.54, 1.807) is 28.4 Å². The summed E-state index contributed by atoms with van der Waals surface area (Å²) in [6.45, 7) is 20.4. The highest BCUT2D eigenvalue weighted by Crippen LogP contribution is 2.48. The zero-order chi connectivity index (χ0) is 28.6. The van der Waals surface area contributed by atoms with E-state index in [2.05, 4.69) is 42.6 Å². The molecule has 37 heavy (non-hydrogen) atoms. The van der Waals surface area contributed by atoms with Crippen LogP contribution in [-0.4, -0.2) is 28.4 Å². The molecule has 0 N–H and O–H groups in total. The highest BCUT2D eigenvalue weighted by atomic mass is 16.5. The molecule has 0 radical (unpaired) electrons. The van der Waals surface area contributed by atoms with Crippen molar-refractivity contribution < 1.29 is 9.47 Å². The van der Waals surface area contributed by atoms with E-state index in [1.165, 1.54) is 94.6 Å². The van der Waals surface area contributed by atoms with Crippen LogP contribution in [0, 0.1) is 23.7 Å². The quantitative estimate of drug-likeness (QED) is 0.321. The Balaban J connectivity index is 0. The summed E-state index contributed by atoms with van der Waals surface area (Å²) < 4.78 is 8.50. The number of allylic oxidation sites excluding steroid dienone is 6. The van der Waals surface area contributed by atoms with E-state index in [1.807, 2.05) is 44.9 Å². The van der Waals surface area contributed by atoms with Crippen LogP contribution in [0.4, 0.5) is 0 Å². The molecule has 0 heterocycles. The van der Waals surface area contributed by atoms with Crippen LogP contribution in [0.15, 0.2) is 47.6 Å². The molecule has 218 valence electrons. The maximum atomic E-state index is 4.25. The van der Waals surface area contributed by atoms with Crippen molar-refractivity contribution in [2.24, 2.45) is 23.7 Å². The van der Waals surface area contributed by atoms with E-state index in [0.29, 0.717) is 5.92 Å². The molecule has 4 rings (SSSR count). The van der Waals surface area contributed by atoms with Gasteiger partial charge in [0.2, 0.25) is 0 Å². The zero-order valence-electron chi connectivity index (χ0n) is 26.9. The Morgan fingerprint density at radius 1 is 0.730 bits per heavy atom. The molecule has 4 aliphatic carbocycles. The number of hydrogen-bond acceptors (Lipinski definition) is 2. The second-order valence-electron chi connectivity index (χ2n) is 10.4. The van der Waals surface area contributed by atoms with Crippen molar-refractivity contribution in [3.8, 4) is 0 Å². The van der Waals surface area contributed by atoms with Crippen LogP contribution < -0.4 is 0 Å². The molecule has 0 amide bonds. The molecule has 2 nitrogen and oxygen atoms in total. The number of fused-ring (bicyclic) bond motifs is 1. The standard InChI is InChI=1S/C17H28.C10H14.2C2H6O.2C2H6/c1-13-16-10-5-3-2-4-8-14(16)12-15-9-6-7-11-17(13)15;1-4-5-10-7-6-8(2)9(10)3;2*1-3-2;2*1-2/h13,15,17H,2-12H2,1H3;4-5,9H,1-2,6-7H2,3H3;2*1-2H3;2*1-2H3/b;10-5-;;;;. The first-order valence-electron chi connectivity index (χ1n) is 15.4. The van der Waals surface area contributed by atoms with Crippen molar-refractivity contribution in [3.63, 3.8) is 0 Å². The minimum atomic E-state index is 0.595. The molecule has 0 spiro atoms. The lowest BCUT2D eigenvalue weighted by molar-refractivity contribution is 0.166. The fraction of sp³-hybridized carbons (Fsp3) is 0.771. The fourth-order valence-corrected chi connectivity index (χ4v) is 6.23. The first-order valence-corrected chi connectivity index (χ1v) is 15.4. The van der Waals surface area contributed by atoms with Crippen molar-refractivity contribution in [1.82, 2.24) is 0 Å². The predicted molar refractivity (Wildman–Crippen MR) is 168 cm³/mol. The molecule has 4 unspecified atom stereocenters. The van der Waals surface area contributed by atoms with Crippen LogP contribution in [0.25, 0.3) is 0 Å². The minimum absolute atomic E-state index is 0.595. The van der Waals surface area contributed by atoms with Crippen molar-refractivity contribution in [2.45, 2.75) is 125 Å². The van der Waals surface area contributed by atoms with Crippen molar-refractivity contribution in [2.75, 3.05) is 28.4 Å². The Labute approximate surface area is 234 Å². The normalized spacial score (nSPS) is 27.2. The van der Waals surface area contributed by atoms with Crippen LogP contribution in [0.5, 0.6) is 0 Å². The molecule has 2 fully saturated rings. The first kappa shape index (κ1) is 38.0. The van der Waals surface area contributed by atoms with Gasteiger partial charge in [-0.1, -0.05) is 115 Å². The molecule has 0 aromatic rings. The van der Waals surface area contributed by atoms with Gasteiger partial charge < -0.3 is 9.47 Å². The van der Waals surface area contributed by atoms with Gasteiger partial charge in [-0.15, -0.1) is 0 Å². The second kappa shape index (κ2) is 25.2. The highest BCUT2D eigenvalue weighted by Gasteiger charge is 2.36. The number of hydrogen-bond donors (Lipinski definition) is 0. The van der Waals surface area contributed by atoms with Gasteiger partial charge in [-0.3, -0.25) is 0 Å². The maximum absolute atomic E-state index is 4.25. The fourth-order valence-electron chi connectivity index (χ4n) is 6.23. The molecule has 0 aromatic carbocycles. The molecule has 0 bridgehead atoms. The molecule has 4 atom stereocenters. The summed E-state index contributed by atoms with van der Waals surface area (Å²) in [7, 11) is 6.50. The van der Waals surface area contributed by atoms with Crippen molar-refractivity contribution in [3.05, 3.63) is 47.6 Å². The molecular weight excluding hydrogens is 452 g/mol. The third-order valence-electron chi connectivity index (χ3n) is 8.03. The predicted octanol–water partition coefficient (Wildman–Crippen LogP) is 11.1. The third-order valence-corrected chi connectivity index (χ3v) is 8.03. The third kappa shape index (κ3) is 14.6. The number of ether oxygens (including phenoxy) is 2. The lowest BCUT2D eigenvalue weighted by atomic mass is 9.62. The summed E-state index contributed by atoms with van der Waals surface area (Å²) in [6, 6.07) is 0. The summed E-state index contributed by atoms with van der Waals surface area (Å²) >= 11 is 0. The number of methoxy groups -OCH3 is 2. The summed E-state index contributed by atoms with van der Waals surface area (Å²) in [6.07, 6.45) is 22.7. The van der Waals surface area contributed by atoms with Crippen LogP contribution in [0.3, 0.4) is 0 Å². The van der Waals surface area contributed by atoms with Gasteiger partial charge in [0.25, 0.3) is 0 Å². The van der Waals surface area contributed by atoms with Crippen LogP contribution >= 0.6 is 0 Å². The van der Waals surface area contributed by atoms with E-state index in [0.717, 1.165) is 17.8 Å². The molecule has 0 aliphatic heterocycles. The second-order valence-corrected chi connectivity index (χ2v) is 10.4. The Hall–Kier alpha value is -1.12. The Morgan fingerprint density at radius 3 is 1.78 bits per heavy atom. The molecule has 2 heteroatoms. The largest absolute Gasteiger partial charge is 0.388 e. The van der Waals surface area contributed by atoms with Gasteiger partial charge >= 0.3 is 0 Å². The van der Waals surface area contributed by atoms with E-state index in [4.69, 9.17) is 0 Å². The van der Waals surface area contributed by atoms with Gasteiger partial charge in [-0.2, -0.15) is 0 Å².